The summed E-state index contributed by atoms with van der Waals surface area (Å²) >= 11 is 0. The lowest BCUT2D eigenvalue weighted by Gasteiger charge is -2.54. The topological polar surface area (TPSA) is 46.5 Å². The zero-order valence-corrected chi connectivity index (χ0v) is 16.3. The molecular formula is C23H30O3. The summed E-state index contributed by atoms with van der Waals surface area (Å²) in [7, 11) is 1.61. The number of hydrogen-bond acceptors (Lipinski definition) is 3. The lowest BCUT2D eigenvalue weighted by molar-refractivity contribution is -0.110. The minimum atomic E-state index is -0.996. The predicted octanol–water partition coefficient (Wildman–Crippen LogP) is 4.35. The number of allylic oxidation sites excluding steroid dienone is 6. The zero-order chi connectivity index (χ0) is 18.9. The summed E-state index contributed by atoms with van der Waals surface area (Å²) in [4.78, 5) is 11.9. The molecule has 2 fully saturated rings. The fraction of sp³-hybridized carbons (Fsp3) is 0.609. The average molecular weight is 354 g/mol. The number of hydrogen-bond donors (Lipinski definition) is 1. The number of carbonyl (C=O) groups is 1. The van der Waals surface area contributed by atoms with Gasteiger partial charge in [-0.3, -0.25) is 4.79 Å². The first kappa shape index (κ1) is 17.8. The van der Waals surface area contributed by atoms with Crippen molar-refractivity contribution < 1.29 is 14.6 Å². The lowest BCUT2D eigenvalue weighted by atomic mass is 9.51. The summed E-state index contributed by atoms with van der Waals surface area (Å²) in [5.74, 6) is 1.56. The summed E-state index contributed by atoms with van der Waals surface area (Å²) in [6.07, 6.45) is 11.8. The van der Waals surface area contributed by atoms with Gasteiger partial charge in [0.2, 0.25) is 0 Å². The Morgan fingerprint density at radius 3 is 2.81 bits per heavy atom. The van der Waals surface area contributed by atoms with Gasteiger partial charge in [0, 0.05) is 10.8 Å². The first-order chi connectivity index (χ1) is 12.2. The van der Waals surface area contributed by atoms with Crippen molar-refractivity contribution >= 4 is 5.78 Å². The maximum atomic E-state index is 11.9. The number of rotatable bonds is 2. The third kappa shape index (κ3) is 1.95. The van der Waals surface area contributed by atoms with Crippen LogP contribution in [0.3, 0.4) is 0 Å². The van der Waals surface area contributed by atoms with Crippen molar-refractivity contribution in [3.05, 3.63) is 47.8 Å². The molecule has 0 aliphatic heterocycles. The van der Waals surface area contributed by atoms with Gasteiger partial charge in [0.05, 0.1) is 7.11 Å². The molecule has 0 radical (unpaired) electrons. The normalized spacial score (nSPS) is 46.7. The Morgan fingerprint density at radius 2 is 2.12 bits per heavy atom. The van der Waals surface area contributed by atoms with Crippen LogP contribution in [0.4, 0.5) is 0 Å². The van der Waals surface area contributed by atoms with Crippen LogP contribution in [-0.2, 0) is 9.53 Å². The van der Waals surface area contributed by atoms with E-state index in [0.717, 1.165) is 25.7 Å². The van der Waals surface area contributed by atoms with Crippen LogP contribution in [0, 0.1) is 28.6 Å². The quantitative estimate of drug-likeness (QED) is 0.592. The van der Waals surface area contributed by atoms with Crippen LogP contribution in [0.1, 0.15) is 46.5 Å². The van der Waals surface area contributed by atoms with E-state index in [9.17, 15) is 9.90 Å². The molecule has 0 heterocycles. The summed E-state index contributed by atoms with van der Waals surface area (Å²) in [6, 6.07) is 0. The molecule has 1 N–H and O–H groups in total. The summed E-state index contributed by atoms with van der Waals surface area (Å²) in [5.41, 5.74) is 1.29. The van der Waals surface area contributed by atoms with E-state index in [1.165, 1.54) is 11.1 Å². The highest BCUT2D eigenvalue weighted by Crippen LogP contribution is 2.67. The Labute approximate surface area is 156 Å². The van der Waals surface area contributed by atoms with Crippen molar-refractivity contribution in [2.75, 3.05) is 7.11 Å². The molecule has 3 heteroatoms. The van der Waals surface area contributed by atoms with Crippen LogP contribution in [0.2, 0.25) is 0 Å². The molecule has 6 atom stereocenters. The van der Waals surface area contributed by atoms with Crippen LogP contribution >= 0.6 is 0 Å². The van der Waals surface area contributed by atoms with Crippen molar-refractivity contribution in [1.82, 2.24) is 0 Å². The molecule has 0 amide bonds. The summed E-state index contributed by atoms with van der Waals surface area (Å²) in [5, 5.41) is 11.7. The third-order valence-electron chi connectivity index (χ3n) is 8.20. The van der Waals surface area contributed by atoms with E-state index < -0.39 is 5.60 Å². The Kier molecular flexibility index (Phi) is 3.73. The number of ketones is 1. The van der Waals surface area contributed by atoms with Crippen LogP contribution < -0.4 is 0 Å². The minimum absolute atomic E-state index is 0.109. The highest BCUT2D eigenvalue weighted by atomic mass is 16.5. The predicted molar refractivity (Wildman–Crippen MR) is 102 cm³/mol. The minimum Gasteiger partial charge on any atom is -0.499 e. The largest absolute Gasteiger partial charge is 0.499 e. The molecule has 26 heavy (non-hydrogen) atoms. The van der Waals surface area contributed by atoms with Crippen LogP contribution in [0.5, 0.6) is 0 Å². The van der Waals surface area contributed by atoms with Gasteiger partial charge in [0.1, 0.15) is 11.4 Å². The third-order valence-corrected chi connectivity index (χ3v) is 8.20. The Hall–Kier alpha value is -1.61. The van der Waals surface area contributed by atoms with Crippen molar-refractivity contribution in [1.29, 1.82) is 0 Å². The van der Waals surface area contributed by atoms with Gasteiger partial charge in [-0.1, -0.05) is 43.7 Å². The second-order valence-electron chi connectivity index (χ2n) is 9.17. The molecule has 0 aromatic heterocycles. The fourth-order valence-electron chi connectivity index (χ4n) is 6.62. The first-order valence-corrected chi connectivity index (χ1v) is 9.79. The second kappa shape index (κ2) is 5.45. The summed E-state index contributed by atoms with van der Waals surface area (Å²) < 4.78 is 5.45. The number of fused-ring (bicyclic) bond motifs is 5. The van der Waals surface area contributed by atoms with Crippen LogP contribution in [-0.4, -0.2) is 23.6 Å². The molecule has 4 aliphatic rings. The van der Waals surface area contributed by atoms with Gasteiger partial charge in [0.25, 0.3) is 0 Å². The first-order valence-electron chi connectivity index (χ1n) is 9.79. The number of ether oxygens (including phenoxy) is 1. The van der Waals surface area contributed by atoms with E-state index in [2.05, 4.69) is 39.5 Å². The molecule has 3 nitrogen and oxygen atoms in total. The fourth-order valence-corrected chi connectivity index (χ4v) is 6.62. The van der Waals surface area contributed by atoms with E-state index in [4.69, 9.17) is 4.74 Å². The standard InChI is InChI=1S/C23H30O3/c1-14-12-20-18-7-6-16-13-17(24)8-10-21(16,3)19(18)9-11-22(20,4)23(14,25)15(2)26-5/h8-10,13-14,18,20,25H,2,6-7,11-12H2,1,3-5H3/t14-,18?,20?,21-,22-,23-/m0/s1. The maximum Gasteiger partial charge on any atom is 0.178 e. The maximum absolute atomic E-state index is 11.9. The van der Waals surface area contributed by atoms with Crippen molar-refractivity contribution in [3.8, 4) is 0 Å². The Bertz CT molecular complexity index is 772. The van der Waals surface area contributed by atoms with Gasteiger partial charge in [-0.2, -0.15) is 0 Å². The smallest absolute Gasteiger partial charge is 0.178 e. The van der Waals surface area contributed by atoms with Gasteiger partial charge in [-0.05, 0) is 62.5 Å². The Balaban J connectivity index is 1.79. The monoisotopic (exact) mass is 354 g/mol. The van der Waals surface area contributed by atoms with Gasteiger partial charge in [0.15, 0.2) is 5.78 Å². The highest BCUT2D eigenvalue weighted by molar-refractivity contribution is 6.01. The van der Waals surface area contributed by atoms with Crippen LogP contribution in [0.25, 0.3) is 0 Å². The van der Waals surface area contributed by atoms with E-state index in [0.29, 0.717) is 17.6 Å². The molecule has 0 spiro atoms. The van der Waals surface area contributed by atoms with Crippen LogP contribution in [0.15, 0.2) is 47.8 Å². The number of carbonyl (C=O) groups excluding carboxylic acids is 1. The molecule has 2 saturated carbocycles. The van der Waals surface area contributed by atoms with Gasteiger partial charge in [-0.15, -0.1) is 0 Å². The number of methoxy groups -OCH3 is 1. The van der Waals surface area contributed by atoms with Crippen molar-refractivity contribution in [3.63, 3.8) is 0 Å². The highest BCUT2D eigenvalue weighted by Gasteiger charge is 2.66. The molecule has 2 unspecified atom stereocenters. The SMILES string of the molecule is C=C(OC)[C@@]1(O)[C@@H](C)CC2C3CCC4=CC(=O)C=C[C@]4(C)C3=CC[C@@]21C. The molecular weight excluding hydrogens is 324 g/mol. The van der Waals surface area contributed by atoms with Crippen molar-refractivity contribution in [2.24, 2.45) is 28.6 Å². The molecule has 4 aliphatic carbocycles. The average Bonchev–Trinajstić information content (AvgIpc) is 2.83. The van der Waals surface area contributed by atoms with E-state index in [1.54, 1.807) is 13.2 Å². The van der Waals surface area contributed by atoms with E-state index >= 15 is 0 Å². The molecule has 4 rings (SSSR count). The van der Waals surface area contributed by atoms with E-state index in [1.807, 2.05) is 6.08 Å². The molecule has 140 valence electrons. The van der Waals surface area contributed by atoms with E-state index in [-0.39, 0.29) is 22.5 Å². The molecule has 0 bridgehead atoms. The molecule has 0 aromatic carbocycles. The zero-order valence-electron chi connectivity index (χ0n) is 16.3. The van der Waals surface area contributed by atoms with Crippen molar-refractivity contribution in [2.45, 2.75) is 52.1 Å². The number of aliphatic hydroxyl groups is 1. The van der Waals surface area contributed by atoms with Gasteiger partial charge in [-0.25, -0.2) is 0 Å². The lowest BCUT2D eigenvalue weighted by Crippen LogP contribution is -2.53. The van der Waals surface area contributed by atoms with Gasteiger partial charge < -0.3 is 9.84 Å². The molecule has 0 aromatic rings. The second-order valence-corrected chi connectivity index (χ2v) is 9.17. The summed E-state index contributed by atoms with van der Waals surface area (Å²) in [6.45, 7) is 10.6. The molecule has 0 saturated heterocycles. The van der Waals surface area contributed by atoms with Gasteiger partial charge >= 0.3 is 0 Å². The Morgan fingerprint density at radius 1 is 1.38 bits per heavy atom.